The number of nitrogens with zero attached hydrogens (tertiary/aromatic N) is 3. The molecular weight excluding hydrogens is 970 g/mol. The standard InChI is InChI=1S/C56H53N3O2Si.Pt/c1-35(2)45-21-16-22-46(36(3)4)52(45)39-29-41(59-51-26-15-12-20-47(51)48-23-17-27-57-53(48)59)33-42(30-39)60-43-31-40(32-44(34-43)62(7,8)9)54-58-55(5)49-24-13-10-18-37(49)28-38-19-11-14-25-50(38)56(55,6)61-54;/h10-27,29-30,32,34-36H,28H2,1-9H3;/q-2;+2/t55-,56+;/m1./s1. The van der Waals surface area contributed by atoms with Crippen molar-refractivity contribution in [3.05, 3.63) is 185 Å². The molecule has 0 saturated carbocycles. The summed E-state index contributed by atoms with van der Waals surface area (Å²) in [5.41, 5.74) is 12.0. The third-order valence-corrected chi connectivity index (χ3v) is 15.4. The summed E-state index contributed by atoms with van der Waals surface area (Å²) in [5, 5.41) is 3.47. The Morgan fingerprint density at radius 3 is 2.05 bits per heavy atom. The number of pyridine rings is 1. The van der Waals surface area contributed by atoms with Gasteiger partial charge in [-0.1, -0.05) is 150 Å². The maximum Gasteiger partial charge on any atom is 2.00 e. The number of hydrogen-bond acceptors (Lipinski definition) is 4. The van der Waals surface area contributed by atoms with Crippen molar-refractivity contribution in [1.82, 2.24) is 9.55 Å². The van der Waals surface area contributed by atoms with Crippen molar-refractivity contribution in [2.24, 2.45) is 4.99 Å². The summed E-state index contributed by atoms with van der Waals surface area (Å²) < 4.78 is 16.6. The van der Waals surface area contributed by atoms with Crippen molar-refractivity contribution in [3.8, 4) is 28.3 Å². The Morgan fingerprint density at radius 1 is 0.698 bits per heavy atom. The Kier molecular flexibility index (Phi) is 10.8. The van der Waals surface area contributed by atoms with Gasteiger partial charge in [-0.15, -0.1) is 41.1 Å². The van der Waals surface area contributed by atoms with Gasteiger partial charge in [0.1, 0.15) is 22.7 Å². The van der Waals surface area contributed by atoms with E-state index < -0.39 is 19.2 Å². The minimum absolute atomic E-state index is 0. The smallest absolute Gasteiger partial charge is 0.507 e. The molecule has 0 bridgehead atoms. The van der Waals surface area contributed by atoms with Gasteiger partial charge >= 0.3 is 21.1 Å². The van der Waals surface area contributed by atoms with E-state index in [2.05, 4.69) is 199 Å². The van der Waals surface area contributed by atoms with Crippen LogP contribution in [-0.2, 0) is 43.4 Å². The number of aliphatic imine (C=N–C) groups is 1. The Morgan fingerprint density at radius 2 is 1.33 bits per heavy atom. The molecule has 0 radical (unpaired) electrons. The Hall–Kier alpha value is -5.55. The normalized spacial score (nSPS) is 18.0. The number of aromatic nitrogens is 2. The largest absolute Gasteiger partial charge is 2.00 e. The molecule has 1 aliphatic heterocycles. The molecule has 63 heavy (non-hydrogen) atoms. The van der Waals surface area contributed by atoms with Gasteiger partial charge in [-0.3, -0.25) is 4.99 Å². The van der Waals surface area contributed by atoms with Crippen molar-refractivity contribution >= 4 is 41.1 Å². The second kappa shape index (κ2) is 15.9. The molecule has 0 amide bonds. The number of ether oxygens (including phenoxy) is 2. The second-order valence-corrected chi connectivity index (χ2v) is 24.2. The number of benzene rings is 6. The first-order chi connectivity index (χ1) is 29.7. The van der Waals surface area contributed by atoms with Gasteiger partial charge in [-0.25, -0.2) is 4.98 Å². The first-order valence-electron chi connectivity index (χ1n) is 22.0. The van der Waals surface area contributed by atoms with Gasteiger partial charge in [0.05, 0.1) is 13.6 Å². The molecule has 0 saturated heterocycles. The second-order valence-electron chi connectivity index (χ2n) is 19.1. The number of fused-ring (bicyclic) bond motifs is 8. The molecule has 0 spiro atoms. The molecule has 3 heterocycles. The first kappa shape index (κ1) is 42.7. The van der Waals surface area contributed by atoms with Gasteiger partial charge in [0.15, 0.2) is 0 Å². The molecule has 10 rings (SSSR count). The van der Waals surface area contributed by atoms with Crippen LogP contribution in [0, 0.1) is 12.1 Å². The third kappa shape index (κ3) is 7.11. The molecule has 6 aromatic carbocycles. The molecular formula is C56H53N3O2PtSi. The van der Waals surface area contributed by atoms with Crippen molar-refractivity contribution in [1.29, 1.82) is 0 Å². The molecule has 2 aromatic heterocycles. The van der Waals surface area contributed by atoms with E-state index >= 15 is 0 Å². The zero-order chi connectivity index (χ0) is 43.1. The van der Waals surface area contributed by atoms with E-state index in [4.69, 9.17) is 19.5 Å². The summed E-state index contributed by atoms with van der Waals surface area (Å²) in [5.74, 6) is 2.40. The average Bonchev–Trinajstić information content (AvgIpc) is 3.72. The molecule has 0 unspecified atom stereocenters. The maximum absolute atomic E-state index is 7.24. The van der Waals surface area contributed by atoms with Crippen molar-refractivity contribution in [2.75, 3.05) is 0 Å². The van der Waals surface area contributed by atoms with Crippen LogP contribution in [-0.4, -0.2) is 23.5 Å². The van der Waals surface area contributed by atoms with Crippen LogP contribution in [0.3, 0.4) is 0 Å². The van der Waals surface area contributed by atoms with Crippen molar-refractivity contribution < 1.29 is 30.5 Å². The quantitative estimate of drug-likeness (QED) is 0.113. The summed E-state index contributed by atoms with van der Waals surface area (Å²) in [6.45, 7) is 20.6. The molecule has 7 heteroatoms. The van der Waals surface area contributed by atoms with Crippen molar-refractivity contribution in [3.63, 3.8) is 0 Å². The van der Waals surface area contributed by atoms with Gasteiger partial charge in [0, 0.05) is 34.0 Å². The van der Waals surface area contributed by atoms with Gasteiger partial charge in [0.25, 0.3) is 0 Å². The summed E-state index contributed by atoms with van der Waals surface area (Å²) >= 11 is 0. The maximum atomic E-state index is 7.24. The Bertz CT molecular complexity index is 3030. The molecule has 1 aliphatic carbocycles. The molecule has 5 nitrogen and oxygen atoms in total. The summed E-state index contributed by atoms with van der Waals surface area (Å²) in [6.07, 6.45) is 2.70. The molecule has 8 aromatic rings. The fraction of sp³-hybridized carbons (Fsp3) is 0.250. The minimum Gasteiger partial charge on any atom is -0.507 e. The molecule has 0 N–H and O–H groups in total. The van der Waals surface area contributed by atoms with Crippen molar-refractivity contribution in [2.45, 2.75) is 90.6 Å². The Labute approximate surface area is 387 Å². The number of hydrogen-bond donors (Lipinski definition) is 0. The van der Waals surface area contributed by atoms with E-state index in [1.165, 1.54) is 38.6 Å². The van der Waals surface area contributed by atoms with Gasteiger partial charge in [-0.05, 0) is 83.7 Å². The van der Waals surface area contributed by atoms with Crippen LogP contribution in [0.1, 0.15) is 92.3 Å². The molecule has 0 fully saturated rings. The van der Waals surface area contributed by atoms with E-state index in [0.717, 1.165) is 50.7 Å². The number of rotatable bonds is 8. The van der Waals surface area contributed by atoms with Crippen LogP contribution < -0.4 is 9.92 Å². The van der Waals surface area contributed by atoms with Crippen LogP contribution in [0.2, 0.25) is 19.6 Å². The van der Waals surface area contributed by atoms with E-state index in [0.29, 0.717) is 29.2 Å². The summed E-state index contributed by atoms with van der Waals surface area (Å²) in [4.78, 5) is 10.5. The van der Waals surface area contributed by atoms with Crippen LogP contribution in [0.15, 0.2) is 139 Å². The summed E-state index contributed by atoms with van der Waals surface area (Å²) in [7, 11) is -1.92. The van der Waals surface area contributed by atoms with E-state index in [1.54, 1.807) is 0 Å². The number of para-hydroxylation sites is 1. The molecule has 318 valence electrons. The predicted molar refractivity (Wildman–Crippen MR) is 257 cm³/mol. The Balaban J connectivity index is 0.00000504. The van der Waals surface area contributed by atoms with Crippen LogP contribution in [0.25, 0.3) is 38.8 Å². The van der Waals surface area contributed by atoms with E-state index in [1.807, 2.05) is 12.3 Å². The average molecular weight is 1020 g/mol. The van der Waals surface area contributed by atoms with Crippen LogP contribution in [0.5, 0.6) is 11.5 Å². The van der Waals surface area contributed by atoms with E-state index in [9.17, 15) is 0 Å². The fourth-order valence-corrected chi connectivity index (χ4v) is 11.0. The zero-order valence-corrected chi connectivity index (χ0v) is 40.8. The van der Waals surface area contributed by atoms with Crippen LogP contribution in [0.4, 0.5) is 0 Å². The predicted octanol–water partition coefficient (Wildman–Crippen LogP) is 13.5. The fourth-order valence-electron chi connectivity index (χ4n) is 9.91. The molecule has 2 atom stereocenters. The minimum atomic E-state index is -1.92. The van der Waals surface area contributed by atoms with Crippen LogP contribution >= 0.6 is 0 Å². The van der Waals surface area contributed by atoms with Gasteiger partial charge in [0.2, 0.25) is 0 Å². The topological polar surface area (TPSA) is 48.6 Å². The third-order valence-electron chi connectivity index (χ3n) is 13.3. The summed E-state index contributed by atoms with van der Waals surface area (Å²) in [6, 6.07) is 53.0. The van der Waals surface area contributed by atoms with Gasteiger partial charge in [-0.2, -0.15) is 0 Å². The first-order valence-corrected chi connectivity index (χ1v) is 25.5. The zero-order valence-electron chi connectivity index (χ0n) is 37.5. The monoisotopic (exact) mass is 1020 g/mol. The van der Waals surface area contributed by atoms with E-state index in [-0.39, 0.29) is 21.1 Å². The van der Waals surface area contributed by atoms with Gasteiger partial charge < -0.3 is 14.0 Å². The SMILES string of the molecule is CC(C)c1cccc(C(C)C)c1-c1cc(Oc2[c-]c(C3=N[C@]4(C)c5ccccc5Cc5ccccc5[C@]4(C)O3)cc([Si](C)(C)C)c2)[c-]c(-n2c3ccccc3c3cccnc32)c1.[Pt+2]. The molecule has 2 aliphatic rings.